The summed E-state index contributed by atoms with van der Waals surface area (Å²) in [4.78, 5) is 14.1. The molecule has 1 N–H and O–H groups in total. The van der Waals surface area contributed by atoms with Gasteiger partial charge in [-0.15, -0.1) is 0 Å². The summed E-state index contributed by atoms with van der Waals surface area (Å²) >= 11 is 0. The van der Waals surface area contributed by atoms with Crippen molar-refractivity contribution in [3.05, 3.63) is 35.6 Å². The van der Waals surface area contributed by atoms with Gasteiger partial charge in [-0.25, -0.2) is 4.39 Å². The molecule has 0 saturated carbocycles. The number of carbonyl (C=O) groups is 1. The van der Waals surface area contributed by atoms with E-state index in [1.54, 1.807) is 18.2 Å². The van der Waals surface area contributed by atoms with E-state index in [-0.39, 0.29) is 30.2 Å². The minimum absolute atomic E-state index is 0.00148. The SMILES string of the molecule is CC1CNCC(C)N1C(=O)Cc1ccccc1F. The normalized spacial score (nSPS) is 24.1. The number of rotatable bonds is 2. The number of hydrogen-bond donors (Lipinski definition) is 1. The standard InChI is InChI=1S/C14H19FN2O/c1-10-8-16-9-11(2)17(10)14(18)7-12-5-3-4-6-13(12)15/h3-6,10-11,16H,7-9H2,1-2H3. The van der Waals surface area contributed by atoms with Crippen LogP contribution >= 0.6 is 0 Å². The number of piperazine rings is 1. The van der Waals surface area contributed by atoms with Gasteiger partial charge in [-0.2, -0.15) is 0 Å². The second-order valence-electron chi connectivity index (χ2n) is 4.93. The molecule has 18 heavy (non-hydrogen) atoms. The number of nitrogens with one attached hydrogen (secondary N) is 1. The molecule has 1 aliphatic heterocycles. The molecule has 1 heterocycles. The predicted octanol–water partition coefficient (Wildman–Crippen LogP) is 1.58. The van der Waals surface area contributed by atoms with Crippen molar-refractivity contribution in [2.75, 3.05) is 13.1 Å². The summed E-state index contributed by atoms with van der Waals surface area (Å²) in [6, 6.07) is 6.79. The van der Waals surface area contributed by atoms with Gasteiger partial charge in [-0.3, -0.25) is 4.79 Å². The largest absolute Gasteiger partial charge is 0.334 e. The Labute approximate surface area is 107 Å². The maximum Gasteiger partial charge on any atom is 0.227 e. The molecule has 3 nitrogen and oxygen atoms in total. The van der Waals surface area contributed by atoms with Gasteiger partial charge in [0.2, 0.25) is 5.91 Å². The Bertz CT molecular complexity index is 426. The third-order valence-electron chi connectivity index (χ3n) is 3.42. The second kappa shape index (κ2) is 5.48. The Hall–Kier alpha value is -1.42. The summed E-state index contributed by atoms with van der Waals surface area (Å²) in [5.41, 5.74) is 0.473. The Kier molecular flexibility index (Phi) is 3.97. The molecular weight excluding hydrogens is 231 g/mol. The summed E-state index contributed by atoms with van der Waals surface area (Å²) in [6.45, 7) is 5.63. The van der Waals surface area contributed by atoms with Crippen molar-refractivity contribution in [2.45, 2.75) is 32.4 Å². The monoisotopic (exact) mass is 250 g/mol. The molecule has 0 bridgehead atoms. The van der Waals surface area contributed by atoms with Crippen molar-refractivity contribution in [1.82, 2.24) is 10.2 Å². The molecule has 4 heteroatoms. The van der Waals surface area contributed by atoms with E-state index in [0.29, 0.717) is 5.56 Å². The zero-order valence-corrected chi connectivity index (χ0v) is 10.8. The number of halogens is 1. The van der Waals surface area contributed by atoms with Gasteiger partial charge >= 0.3 is 0 Å². The topological polar surface area (TPSA) is 32.3 Å². The molecule has 2 rings (SSSR count). The Morgan fingerprint density at radius 1 is 1.33 bits per heavy atom. The van der Waals surface area contributed by atoms with Crippen LogP contribution in [0.5, 0.6) is 0 Å². The lowest BCUT2D eigenvalue weighted by Gasteiger charge is -2.39. The number of hydrogen-bond acceptors (Lipinski definition) is 2. The highest BCUT2D eigenvalue weighted by Crippen LogP contribution is 2.14. The molecule has 0 aliphatic carbocycles. The van der Waals surface area contributed by atoms with Crippen molar-refractivity contribution >= 4 is 5.91 Å². The first kappa shape index (κ1) is 13.0. The Morgan fingerprint density at radius 3 is 2.56 bits per heavy atom. The van der Waals surface area contributed by atoms with Crippen LogP contribution in [0.25, 0.3) is 0 Å². The fourth-order valence-corrected chi connectivity index (χ4v) is 2.52. The van der Waals surface area contributed by atoms with E-state index in [0.717, 1.165) is 13.1 Å². The highest BCUT2D eigenvalue weighted by molar-refractivity contribution is 5.79. The lowest BCUT2D eigenvalue weighted by Crippen LogP contribution is -2.57. The van der Waals surface area contributed by atoms with Gasteiger partial charge < -0.3 is 10.2 Å². The van der Waals surface area contributed by atoms with Gasteiger partial charge in [0, 0.05) is 25.2 Å². The fourth-order valence-electron chi connectivity index (χ4n) is 2.52. The van der Waals surface area contributed by atoms with Crippen molar-refractivity contribution in [1.29, 1.82) is 0 Å². The molecule has 2 unspecified atom stereocenters. The quantitative estimate of drug-likeness (QED) is 0.864. The molecule has 0 radical (unpaired) electrons. The smallest absolute Gasteiger partial charge is 0.227 e. The van der Waals surface area contributed by atoms with Gasteiger partial charge in [0.05, 0.1) is 6.42 Å². The van der Waals surface area contributed by atoms with E-state index < -0.39 is 0 Å². The highest BCUT2D eigenvalue weighted by atomic mass is 19.1. The van der Waals surface area contributed by atoms with Crippen LogP contribution < -0.4 is 5.32 Å². The maximum atomic E-state index is 13.5. The minimum Gasteiger partial charge on any atom is -0.334 e. The highest BCUT2D eigenvalue weighted by Gasteiger charge is 2.28. The zero-order chi connectivity index (χ0) is 13.1. The number of carbonyl (C=O) groups excluding carboxylic acids is 1. The molecule has 1 fully saturated rings. The Morgan fingerprint density at radius 2 is 1.94 bits per heavy atom. The van der Waals surface area contributed by atoms with Crippen LogP contribution in [-0.2, 0) is 11.2 Å². The lowest BCUT2D eigenvalue weighted by atomic mass is 10.1. The summed E-state index contributed by atoms with van der Waals surface area (Å²) < 4.78 is 13.5. The van der Waals surface area contributed by atoms with E-state index in [1.807, 2.05) is 18.7 Å². The fraction of sp³-hybridized carbons (Fsp3) is 0.500. The molecule has 0 spiro atoms. The van der Waals surface area contributed by atoms with Crippen LogP contribution in [-0.4, -0.2) is 36.0 Å². The van der Waals surface area contributed by atoms with Crippen molar-refractivity contribution < 1.29 is 9.18 Å². The molecular formula is C14H19FN2O. The number of benzene rings is 1. The lowest BCUT2D eigenvalue weighted by molar-refractivity contribution is -0.135. The second-order valence-corrected chi connectivity index (χ2v) is 4.93. The summed E-state index contributed by atoms with van der Waals surface area (Å²) in [6.07, 6.45) is 0.140. The van der Waals surface area contributed by atoms with Gasteiger partial charge in [-0.1, -0.05) is 18.2 Å². The van der Waals surface area contributed by atoms with Gasteiger partial charge in [0.15, 0.2) is 0 Å². The predicted molar refractivity (Wildman–Crippen MR) is 68.7 cm³/mol. The molecule has 0 aromatic heterocycles. The van der Waals surface area contributed by atoms with E-state index in [1.165, 1.54) is 6.07 Å². The molecule has 1 aliphatic rings. The summed E-state index contributed by atoms with van der Waals surface area (Å²) in [7, 11) is 0. The van der Waals surface area contributed by atoms with Gasteiger partial charge in [0.1, 0.15) is 5.82 Å². The summed E-state index contributed by atoms with van der Waals surface area (Å²) in [5, 5.41) is 3.28. The molecule has 98 valence electrons. The third-order valence-corrected chi connectivity index (χ3v) is 3.42. The molecule has 1 amide bonds. The van der Waals surface area contributed by atoms with Crippen LogP contribution in [0.1, 0.15) is 19.4 Å². The molecule has 1 saturated heterocycles. The van der Waals surface area contributed by atoms with Crippen molar-refractivity contribution in [3.8, 4) is 0 Å². The van der Waals surface area contributed by atoms with Gasteiger partial charge in [-0.05, 0) is 25.5 Å². The number of nitrogens with zero attached hydrogens (tertiary/aromatic N) is 1. The van der Waals surface area contributed by atoms with Crippen LogP contribution in [0.3, 0.4) is 0 Å². The van der Waals surface area contributed by atoms with E-state index in [9.17, 15) is 9.18 Å². The van der Waals surface area contributed by atoms with E-state index >= 15 is 0 Å². The van der Waals surface area contributed by atoms with Gasteiger partial charge in [0.25, 0.3) is 0 Å². The molecule has 1 aromatic rings. The molecule has 2 atom stereocenters. The van der Waals surface area contributed by atoms with Crippen LogP contribution in [0.4, 0.5) is 4.39 Å². The van der Waals surface area contributed by atoms with E-state index in [2.05, 4.69) is 5.32 Å². The zero-order valence-electron chi connectivity index (χ0n) is 10.8. The van der Waals surface area contributed by atoms with Crippen molar-refractivity contribution in [2.24, 2.45) is 0 Å². The number of amides is 1. The first-order valence-electron chi connectivity index (χ1n) is 6.35. The first-order chi connectivity index (χ1) is 8.59. The van der Waals surface area contributed by atoms with E-state index in [4.69, 9.17) is 0 Å². The average molecular weight is 250 g/mol. The van der Waals surface area contributed by atoms with Crippen LogP contribution in [0, 0.1) is 5.82 Å². The van der Waals surface area contributed by atoms with Crippen LogP contribution in [0.15, 0.2) is 24.3 Å². The minimum atomic E-state index is -0.304. The van der Waals surface area contributed by atoms with Crippen LogP contribution in [0.2, 0.25) is 0 Å². The Balaban J connectivity index is 2.09. The summed E-state index contributed by atoms with van der Waals surface area (Å²) in [5.74, 6) is -0.303. The average Bonchev–Trinajstić information content (AvgIpc) is 2.32. The maximum absolute atomic E-state index is 13.5. The van der Waals surface area contributed by atoms with Crippen molar-refractivity contribution in [3.63, 3.8) is 0 Å². The first-order valence-corrected chi connectivity index (χ1v) is 6.35. The molecule has 1 aromatic carbocycles. The third kappa shape index (κ3) is 2.70.